The van der Waals surface area contributed by atoms with Gasteiger partial charge < -0.3 is 15.0 Å². The highest BCUT2D eigenvalue weighted by Crippen LogP contribution is 2.19. The number of hydrogen-bond donors (Lipinski definition) is 2. The van der Waals surface area contributed by atoms with E-state index in [1.807, 2.05) is 7.05 Å². The number of sulfonamides is 1. The van der Waals surface area contributed by atoms with Gasteiger partial charge in [0.2, 0.25) is 10.0 Å². The molecule has 1 unspecified atom stereocenters. The number of rotatable bonds is 7. The Balaban J connectivity index is 1.56. The minimum Gasteiger partial charge on any atom is -0.379 e. The number of morpholine rings is 1. The first kappa shape index (κ1) is 20.9. The molecule has 1 aliphatic rings. The molecule has 1 aromatic heterocycles. The van der Waals surface area contributed by atoms with Crippen LogP contribution in [-0.2, 0) is 26.1 Å². The summed E-state index contributed by atoms with van der Waals surface area (Å²) in [5.74, 6) is -0.101. The molecule has 2 aromatic rings. The second-order valence-corrected chi connectivity index (χ2v) is 9.87. The molecule has 0 bridgehead atoms. The molecule has 3 rings (SSSR count). The van der Waals surface area contributed by atoms with Crippen molar-refractivity contribution in [2.75, 3.05) is 45.2 Å². The number of quaternary nitrogens is 1. The number of anilines is 1. The lowest BCUT2D eigenvalue weighted by atomic mass is 10.3. The fraction of sp³-hybridized carbons (Fsp3) is 0.421. The Kier molecular flexibility index (Phi) is 6.84. The largest absolute Gasteiger partial charge is 0.379 e. The molecule has 28 heavy (non-hydrogen) atoms. The summed E-state index contributed by atoms with van der Waals surface area (Å²) in [4.78, 5) is 14.9. The van der Waals surface area contributed by atoms with Crippen molar-refractivity contribution >= 4 is 33.0 Å². The number of ether oxygens (including phenoxy) is 1. The fourth-order valence-electron chi connectivity index (χ4n) is 3.05. The Bertz CT molecular complexity index is 904. The molecule has 0 spiro atoms. The van der Waals surface area contributed by atoms with Gasteiger partial charge in [-0.2, -0.15) is 4.31 Å². The highest BCUT2D eigenvalue weighted by Gasteiger charge is 2.26. The molecule has 0 aliphatic carbocycles. The van der Waals surface area contributed by atoms with Crippen LogP contribution in [-0.4, -0.2) is 58.5 Å². The highest BCUT2D eigenvalue weighted by atomic mass is 32.2. The molecule has 1 aliphatic heterocycles. The van der Waals surface area contributed by atoms with Gasteiger partial charge in [0.25, 0.3) is 5.91 Å². The van der Waals surface area contributed by atoms with Crippen molar-refractivity contribution in [1.82, 2.24) is 4.31 Å². The van der Waals surface area contributed by atoms with Crippen LogP contribution in [0.3, 0.4) is 0 Å². The number of aryl methyl sites for hydroxylation is 1. The normalized spacial score (nSPS) is 16.6. The summed E-state index contributed by atoms with van der Waals surface area (Å²) in [5.41, 5.74) is 1.84. The number of likely N-dealkylation sites (N-methyl/N-ethyl adjacent to an activating group) is 1. The van der Waals surface area contributed by atoms with E-state index < -0.39 is 10.0 Å². The van der Waals surface area contributed by atoms with Crippen LogP contribution in [0.5, 0.6) is 0 Å². The predicted molar refractivity (Wildman–Crippen MR) is 109 cm³/mol. The van der Waals surface area contributed by atoms with Crippen LogP contribution in [0.15, 0.2) is 40.6 Å². The maximum atomic E-state index is 12.6. The third-order valence-electron chi connectivity index (χ3n) is 4.64. The first-order valence-corrected chi connectivity index (χ1v) is 11.5. The lowest BCUT2D eigenvalue weighted by Crippen LogP contribution is -3.08. The fourth-order valence-corrected chi connectivity index (χ4v) is 5.48. The maximum absolute atomic E-state index is 12.6. The van der Waals surface area contributed by atoms with Crippen molar-refractivity contribution in [1.29, 1.82) is 0 Å². The first-order valence-electron chi connectivity index (χ1n) is 9.18. The molecule has 0 radical (unpaired) electrons. The van der Waals surface area contributed by atoms with Crippen LogP contribution in [0.4, 0.5) is 5.69 Å². The monoisotopic (exact) mass is 424 g/mol. The summed E-state index contributed by atoms with van der Waals surface area (Å²) < 4.78 is 31.9. The summed E-state index contributed by atoms with van der Waals surface area (Å²) in [6.07, 6.45) is 0. The number of carbonyl (C=O) groups is 1. The molecule has 7 nitrogen and oxygen atoms in total. The Morgan fingerprint density at radius 2 is 1.89 bits per heavy atom. The van der Waals surface area contributed by atoms with Gasteiger partial charge in [0.1, 0.15) is 6.54 Å². The Morgan fingerprint density at radius 3 is 2.50 bits per heavy atom. The van der Waals surface area contributed by atoms with Gasteiger partial charge >= 0.3 is 0 Å². The minimum atomic E-state index is -3.52. The number of carbonyl (C=O) groups excluding carboxylic acids is 1. The molecule has 2 N–H and O–H groups in total. The van der Waals surface area contributed by atoms with Gasteiger partial charge in [-0.1, -0.05) is 0 Å². The van der Waals surface area contributed by atoms with E-state index in [9.17, 15) is 13.2 Å². The molecule has 1 fully saturated rings. The van der Waals surface area contributed by atoms with Crippen molar-refractivity contribution in [3.63, 3.8) is 0 Å². The van der Waals surface area contributed by atoms with Crippen molar-refractivity contribution in [3.05, 3.63) is 46.2 Å². The molecule has 0 saturated carbocycles. The van der Waals surface area contributed by atoms with E-state index in [4.69, 9.17) is 4.74 Å². The minimum absolute atomic E-state index is 0.101. The number of nitrogens with one attached hydrogen (secondary N) is 2. The van der Waals surface area contributed by atoms with Gasteiger partial charge in [-0.15, -0.1) is 11.3 Å². The van der Waals surface area contributed by atoms with Gasteiger partial charge in [0.15, 0.2) is 6.54 Å². The zero-order chi connectivity index (χ0) is 20.1. The molecular formula is C19H26N3O4S2+. The standard InChI is InChI=1S/C19H25N3O4S2/c1-15-7-12-27-18(15)13-21(2)14-19(23)20-16-3-5-17(6-4-16)28(24,25)22-8-10-26-11-9-22/h3-7,12H,8-11,13-14H2,1-2H3,(H,20,23)/p+1. The quantitative estimate of drug-likeness (QED) is 0.687. The summed E-state index contributed by atoms with van der Waals surface area (Å²) in [7, 11) is -1.54. The lowest BCUT2D eigenvalue weighted by molar-refractivity contribution is -0.884. The summed E-state index contributed by atoms with van der Waals surface area (Å²) in [6.45, 7) is 4.76. The van der Waals surface area contributed by atoms with E-state index in [1.54, 1.807) is 23.5 Å². The van der Waals surface area contributed by atoms with Crippen molar-refractivity contribution in [2.45, 2.75) is 18.4 Å². The SMILES string of the molecule is Cc1ccsc1C[NH+](C)CC(=O)Nc1ccc(S(=O)(=O)N2CCOCC2)cc1. The number of nitrogens with zero attached hydrogens (tertiary/aromatic N) is 1. The van der Waals surface area contributed by atoms with Gasteiger partial charge in [-0.3, -0.25) is 4.79 Å². The van der Waals surface area contributed by atoms with Crippen LogP contribution in [0.25, 0.3) is 0 Å². The van der Waals surface area contributed by atoms with Crippen LogP contribution in [0.2, 0.25) is 0 Å². The smallest absolute Gasteiger partial charge is 0.279 e. The summed E-state index contributed by atoms with van der Waals surface area (Å²) in [5, 5.41) is 4.90. The van der Waals surface area contributed by atoms with E-state index in [0.29, 0.717) is 38.5 Å². The second-order valence-electron chi connectivity index (χ2n) is 6.93. The average molecular weight is 425 g/mol. The van der Waals surface area contributed by atoms with Gasteiger partial charge in [0, 0.05) is 18.8 Å². The summed E-state index contributed by atoms with van der Waals surface area (Å²) >= 11 is 1.70. The van der Waals surface area contributed by atoms with Crippen molar-refractivity contribution in [2.24, 2.45) is 0 Å². The zero-order valence-corrected chi connectivity index (χ0v) is 17.7. The Labute approximate surface area is 170 Å². The van der Waals surface area contributed by atoms with Crippen LogP contribution in [0.1, 0.15) is 10.4 Å². The third-order valence-corrected chi connectivity index (χ3v) is 7.57. The molecule has 2 heterocycles. The predicted octanol–water partition coefficient (Wildman–Crippen LogP) is 0.731. The van der Waals surface area contributed by atoms with Crippen molar-refractivity contribution in [3.8, 4) is 0 Å². The molecule has 1 amide bonds. The van der Waals surface area contributed by atoms with E-state index in [0.717, 1.165) is 11.4 Å². The number of hydrogen-bond acceptors (Lipinski definition) is 5. The highest BCUT2D eigenvalue weighted by molar-refractivity contribution is 7.89. The van der Waals surface area contributed by atoms with Crippen LogP contribution in [0, 0.1) is 6.92 Å². The molecule has 152 valence electrons. The van der Waals surface area contributed by atoms with Gasteiger partial charge in [0.05, 0.1) is 30.0 Å². The van der Waals surface area contributed by atoms with E-state index in [2.05, 4.69) is 23.7 Å². The summed E-state index contributed by atoms with van der Waals surface area (Å²) in [6, 6.07) is 8.41. The Hall–Kier alpha value is -1.78. The molecule has 9 heteroatoms. The number of thiophene rings is 1. The van der Waals surface area contributed by atoms with E-state index >= 15 is 0 Å². The average Bonchev–Trinajstić information content (AvgIpc) is 3.07. The molecular weight excluding hydrogens is 398 g/mol. The van der Waals surface area contributed by atoms with Crippen molar-refractivity contribution < 1.29 is 22.8 Å². The lowest BCUT2D eigenvalue weighted by Gasteiger charge is -2.26. The first-order chi connectivity index (χ1) is 13.4. The third kappa shape index (κ3) is 5.18. The Morgan fingerprint density at radius 1 is 1.21 bits per heavy atom. The number of amides is 1. The topological polar surface area (TPSA) is 80.2 Å². The number of benzene rings is 1. The van der Waals surface area contributed by atoms with Gasteiger partial charge in [-0.25, -0.2) is 8.42 Å². The zero-order valence-electron chi connectivity index (χ0n) is 16.1. The molecule has 1 atom stereocenters. The van der Waals surface area contributed by atoms with Crippen LogP contribution >= 0.6 is 11.3 Å². The van der Waals surface area contributed by atoms with E-state index in [-0.39, 0.29) is 10.8 Å². The molecule has 1 aromatic carbocycles. The van der Waals surface area contributed by atoms with Crippen LogP contribution < -0.4 is 10.2 Å². The van der Waals surface area contributed by atoms with E-state index in [1.165, 1.54) is 26.9 Å². The molecule has 1 saturated heterocycles. The second kappa shape index (κ2) is 9.15. The maximum Gasteiger partial charge on any atom is 0.279 e. The van der Waals surface area contributed by atoms with Gasteiger partial charge in [-0.05, 0) is 48.2 Å².